The highest BCUT2D eigenvalue weighted by Crippen LogP contribution is 2.34. The summed E-state index contributed by atoms with van der Waals surface area (Å²) in [6.45, 7) is 4.06. The van der Waals surface area contributed by atoms with Crippen molar-refractivity contribution < 1.29 is 9.47 Å². The molecule has 0 fully saturated rings. The van der Waals surface area contributed by atoms with E-state index in [1.807, 2.05) is 12.1 Å². The zero-order valence-corrected chi connectivity index (χ0v) is 11.8. The molecule has 0 aliphatic carbocycles. The summed E-state index contributed by atoms with van der Waals surface area (Å²) in [7, 11) is 3.33. The fourth-order valence-electron chi connectivity index (χ4n) is 1.63. The lowest BCUT2D eigenvalue weighted by Crippen LogP contribution is -2.14. The molecule has 0 aromatic heterocycles. The predicted octanol–water partition coefficient (Wildman–Crippen LogP) is 2.93. The first kappa shape index (κ1) is 14.2. The van der Waals surface area contributed by atoms with E-state index in [0.717, 1.165) is 31.0 Å². The van der Waals surface area contributed by atoms with Gasteiger partial charge in [-0.15, -0.1) is 11.8 Å². The third-order valence-corrected chi connectivity index (χ3v) is 3.35. The highest BCUT2D eigenvalue weighted by molar-refractivity contribution is 7.98. The normalized spacial score (nSPS) is 10.4. The molecular weight excluding hydrogens is 234 g/mol. The first-order valence-corrected chi connectivity index (χ1v) is 6.98. The van der Waals surface area contributed by atoms with Gasteiger partial charge >= 0.3 is 0 Å². The van der Waals surface area contributed by atoms with Crippen LogP contribution in [-0.2, 0) is 6.54 Å². The van der Waals surface area contributed by atoms with Crippen LogP contribution in [0.15, 0.2) is 17.0 Å². The Morgan fingerprint density at radius 2 is 1.82 bits per heavy atom. The van der Waals surface area contributed by atoms with Crippen molar-refractivity contribution in [2.45, 2.75) is 24.8 Å². The maximum atomic E-state index is 5.32. The number of nitrogens with one attached hydrogen (secondary N) is 1. The maximum absolute atomic E-state index is 5.32. The summed E-state index contributed by atoms with van der Waals surface area (Å²) in [5, 5.41) is 3.41. The van der Waals surface area contributed by atoms with Gasteiger partial charge in [0.15, 0.2) is 11.5 Å². The van der Waals surface area contributed by atoms with Crippen molar-refractivity contribution in [1.29, 1.82) is 0 Å². The average molecular weight is 255 g/mol. The second-order valence-corrected chi connectivity index (χ2v) is 4.54. The second-order valence-electron chi connectivity index (χ2n) is 3.70. The molecule has 0 aliphatic rings. The van der Waals surface area contributed by atoms with E-state index in [4.69, 9.17) is 9.47 Å². The van der Waals surface area contributed by atoms with Crippen LogP contribution in [0, 0.1) is 0 Å². The van der Waals surface area contributed by atoms with Crippen molar-refractivity contribution in [2.24, 2.45) is 0 Å². The van der Waals surface area contributed by atoms with Gasteiger partial charge in [-0.1, -0.05) is 6.92 Å². The first-order chi connectivity index (χ1) is 8.26. The lowest BCUT2D eigenvalue weighted by Gasteiger charge is -2.14. The molecule has 0 bridgehead atoms. The van der Waals surface area contributed by atoms with Crippen LogP contribution in [0.2, 0.25) is 0 Å². The summed E-state index contributed by atoms with van der Waals surface area (Å²) >= 11 is 1.73. The molecule has 1 rings (SSSR count). The maximum Gasteiger partial charge on any atom is 0.161 e. The fourth-order valence-corrected chi connectivity index (χ4v) is 2.25. The number of rotatable bonds is 7. The SMILES string of the molecule is CCCNCc1cc(OC)c(OC)cc1SC. The van der Waals surface area contributed by atoms with Gasteiger partial charge in [0.05, 0.1) is 14.2 Å². The number of thioether (sulfide) groups is 1. The fraction of sp³-hybridized carbons (Fsp3) is 0.538. The Hall–Kier alpha value is -0.870. The van der Waals surface area contributed by atoms with Gasteiger partial charge in [0.2, 0.25) is 0 Å². The molecule has 0 atom stereocenters. The number of methoxy groups -OCH3 is 2. The molecule has 0 aliphatic heterocycles. The zero-order valence-electron chi connectivity index (χ0n) is 11.0. The van der Waals surface area contributed by atoms with Crippen LogP contribution in [0.4, 0.5) is 0 Å². The smallest absolute Gasteiger partial charge is 0.161 e. The van der Waals surface area contributed by atoms with E-state index in [1.165, 1.54) is 10.5 Å². The molecule has 0 saturated carbocycles. The predicted molar refractivity (Wildman–Crippen MR) is 73.3 cm³/mol. The van der Waals surface area contributed by atoms with Crippen molar-refractivity contribution >= 4 is 11.8 Å². The first-order valence-electron chi connectivity index (χ1n) is 5.76. The van der Waals surface area contributed by atoms with Gasteiger partial charge in [-0.3, -0.25) is 0 Å². The summed E-state index contributed by atoms with van der Waals surface area (Å²) < 4.78 is 10.6. The third-order valence-electron chi connectivity index (χ3n) is 2.53. The van der Waals surface area contributed by atoms with Crippen LogP contribution in [-0.4, -0.2) is 27.0 Å². The van der Waals surface area contributed by atoms with Gasteiger partial charge in [-0.25, -0.2) is 0 Å². The van der Waals surface area contributed by atoms with Gasteiger partial charge in [0.1, 0.15) is 0 Å². The molecule has 0 saturated heterocycles. The van der Waals surface area contributed by atoms with E-state index < -0.39 is 0 Å². The van der Waals surface area contributed by atoms with E-state index in [0.29, 0.717) is 0 Å². The van der Waals surface area contributed by atoms with E-state index in [9.17, 15) is 0 Å². The van der Waals surface area contributed by atoms with E-state index in [-0.39, 0.29) is 0 Å². The molecule has 0 unspecified atom stereocenters. The van der Waals surface area contributed by atoms with Crippen molar-refractivity contribution in [3.8, 4) is 11.5 Å². The van der Waals surface area contributed by atoms with E-state index in [1.54, 1.807) is 26.0 Å². The summed E-state index contributed by atoms with van der Waals surface area (Å²) in [6.07, 6.45) is 3.21. The summed E-state index contributed by atoms with van der Waals surface area (Å²) in [4.78, 5) is 1.23. The molecule has 0 heterocycles. The molecule has 0 amide bonds. The molecule has 4 heteroatoms. The van der Waals surface area contributed by atoms with E-state index in [2.05, 4.69) is 18.5 Å². The Morgan fingerprint density at radius 3 is 2.35 bits per heavy atom. The highest BCUT2D eigenvalue weighted by Gasteiger charge is 2.10. The highest BCUT2D eigenvalue weighted by atomic mass is 32.2. The Kier molecular flexibility index (Phi) is 6.22. The van der Waals surface area contributed by atoms with Crippen LogP contribution in [0.3, 0.4) is 0 Å². The molecule has 1 aromatic carbocycles. The van der Waals surface area contributed by atoms with Crippen LogP contribution in [0.25, 0.3) is 0 Å². The Morgan fingerprint density at radius 1 is 1.18 bits per heavy atom. The molecule has 17 heavy (non-hydrogen) atoms. The Bertz CT molecular complexity index is 356. The van der Waals surface area contributed by atoms with Crippen molar-refractivity contribution in [2.75, 3.05) is 27.0 Å². The quantitative estimate of drug-likeness (QED) is 0.599. The zero-order chi connectivity index (χ0) is 12.7. The largest absolute Gasteiger partial charge is 0.493 e. The summed E-state index contributed by atoms with van der Waals surface area (Å²) in [5.74, 6) is 1.58. The van der Waals surface area contributed by atoms with Crippen molar-refractivity contribution in [3.63, 3.8) is 0 Å². The second kappa shape index (κ2) is 7.45. The molecule has 1 aromatic rings. The number of hydrogen-bond acceptors (Lipinski definition) is 4. The van der Waals surface area contributed by atoms with Gasteiger partial charge in [0, 0.05) is 11.4 Å². The minimum atomic E-state index is 0.788. The third kappa shape index (κ3) is 3.82. The number of ether oxygens (including phenoxy) is 2. The minimum absolute atomic E-state index is 0.788. The molecule has 3 nitrogen and oxygen atoms in total. The standard InChI is InChI=1S/C13H21NO2S/c1-5-6-14-9-10-7-11(15-2)12(16-3)8-13(10)17-4/h7-8,14H,5-6,9H2,1-4H3. The summed E-state index contributed by atoms with van der Waals surface area (Å²) in [5.41, 5.74) is 1.25. The van der Waals surface area contributed by atoms with Crippen molar-refractivity contribution in [3.05, 3.63) is 17.7 Å². The Balaban J connectivity index is 2.93. The number of hydrogen-bond donors (Lipinski definition) is 1. The molecule has 96 valence electrons. The molecule has 0 radical (unpaired) electrons. The lowest BCUT2D eigenvalue weighted by atomic mass is 10.2. The van der Waals surface area contributed by atoms with Crippen LogP contribution < -0.4 is 14.8 Å². The molecule has 0 spiro atoms. The topological polar surface area (TPSA) is 30.5 Å². The summed E-state index contributed by atoms with van der Waals surface area (Å²) in [6, 6.07) is 4.08. The monoisotopic (exact) mass is 255 g/mol. The number of benzene rings is 1. The average Bonchev–Trinajstić information content (AvgIpc) is 2.38. The van der Waals surface area contributed by atoms with Gasteiger partial charge in [-0.05, 0) is 36.9 Å². The van der Waals surface area contributed by atoms with Gasteiger partial charge in [0.25, 0.3) is 0 Å². The molecule has 1 N–H and O–H groups in total. The van der Waals surface area contributed by atoms with Gasteiger partial charge < -0.3 is 14.8 Å². The van der Waals surface area contributed by atoms with Crippen LogP contribution >= 0.6 is 11.8 Å². The Labute approximate surface area is 108 Å². The molecular formula is C13H21NO2S. The van der Waals surface area contributed by atoms with E-state index >= 15 is 0 Å². The van der Waals surface area contributed by atoms with Crippen LogP contribution in [0.1, 0.15) is 18.9 Å². The lowest BCUT2D eigenvalue weighted by molar-refractivity contribution is 0.353. The van der Waals surface area contributed by atoms with Gasteiger partial charge in [-0.2, -0.15) is 0 Å². The van der Waals surface area contributed by atoms with Crippen LogP contribution in [0.5, 0.6) is 11.5 Å². The minimum Gasteiger partial charge on any atom is -0.493 e. The van der Waals surface area contributed by atoms with Crippen molar-refractivity contribution in [1.82, 2.24) is 5.32 Å².